The molecule has 4 heteroatoms. The second kappa shape index (κ2) is 10.1. The van der Waals surface area contributed by atoms with Gasteiger partial charge in [-0.25, -0.2) is 0 Å². The molecule has 0 aliphatic rings. The average molecular weight is 372 g/mol. The maximum Gasteiger partial charge on any atom is 0.251 e. The van der Waals surface area contributed by atoms with Crippen LogP contribution in [0.1, 0.15) is 28.8 Å². The molecule has 2 amide bonds. The van der Waals surface area contributed by atoms with Crippen LogP contribution in [0.4, 0.5) is 5.69 Å². The Morgan fingerprint density at radius 3 is 1.96 bits per heavy atom. The molecule has 3 rings (SSSR count). The van der Waals surface area contributed by atoms with Gasteiger partial charge in [-0.05, 0) is 36.2 Å². The van der Waals surface area contributed by atoms with Crippen LogP contribution in [0.2, 0.25) is 0 Å². The molecule has 4 nitrogen and oxygen atoms in total. The molecule has 3 aromatic carbocycles. The number of hydrogen-bond donors (Lipinski definition) is 1. The van der Waals surface area contributed by atoms with E-state index in [9.17, 15) is 9.59 Å². The van der Waals surface area contributed by atoms with Gasteiger partial charge in [-0.1, -0.05) is 66.7 Å². The minimum Gasteiger partial charge on any atom is -0.352 e. The molecule has 142 valence electrons. The van der Waals surface area contributed by atoms with Crippen LogP contribution in [0.25, 0.3) is 0 Å². The van der Waals surface area contributed by atoms with E-state index in [1.165, 1.54) is 0 Å². The highest BCUT2D eigenvalue weighted by atomic mass is 16.2. The Morgan fingerprint density at radius 1 is 0.750 bits per heavy atom. The number of anilines is 1. The fourth-order valence-corrected chi connectivity index (χ4v) is 2.97. The zero-order valence-electron chi connectivity index (χ0n) is 15.8. The lowest BCUT2D eigenvalue weighted by Gasteiger charge is -2.23. The van der Waals surface area contributed by atoms with Crippen molar-refractivity contribution in [2.75, 3.05) is 11.4 Å². The molecular weight excluding hydrogens is 348 g/mol. The van der Waals surface area contributed by atoms with Crippen molar-refractivity contribution in [3.8, 4) is 0 Å². The number of nitrogens with one attached hydrogen (secondary N) is 1. The largest absolute Gasteiger partial charge is 0.352 e. The second-order valence-electron chi connectivity index (χ2n) is 6.53. The summed E-state index contributed by atoms with van der Waals surface area (Å²) >= 11 is 0. The van der Waals surface area contributed by atoms with Gasteiger partial charge in [-0.3, -0.25) is 9.59 Å². The molecule has 0 fully saturated rings. The van der Waals surface area contributed by atoms with Crippen LogP contribution < -0.4 is 10.2 Å². The SMILES string of the molecule is O=C(NCCCC(=O)N(Cc1ccccc1)c1ccccc1)c1ccccc1. The maximum absolute atomic E-state index is 12.9. The van der Waals surface area contributed by atoms with Crippen molar-refractivity contribution in [3.63, 3.8) is 0 Å². The quantitative estimate of drug-likeness (QED) is 0.595. The molecule has 3 aromatic rings. The number of amides is 2. The van der Waals surface area contributed by atoms with Gasteiger partial charge in [0.25, 0.3) is 5.91 Å². The zero-order valence-corrected chi connectivity index (χ0v) is 15.8. The highest BCUT2D eigenvalue weighted by Gasteiger charge is 2.16. The van der Waals surface area contributed by atoms with Gasteiger partial charge in [-0.2, -0.15) is 0 Å². The molecule has 0 unspecified atom stereocenters. The molecule has 0 saturated carbocycles. The molecule has 0 aliphatic heterocycles. The predicted octanol–water partition coefficient (Wildman–Crippen LogP) is 4.43. The van der Waals surface area contributed by atoms with Crippen molar-refractivity contribution >= 4 is 17.5 Å². The third-order valence-corrected chi connectivity index (χ3v) is 4.44. The number of carbonyl (C=O) groups is 2. The van der Waals surface area contributed by atoms with Gasteiger partial charge in [0.2, 0.25) is 5.91 Å². The van der Waals surface area contributed by atoms with Gasteiger partial charge in [-0.15, -0.1) is 0 Å². The molecule has 0 saturated heterocycles. The molecule has 1 N–H and O–H groups in total. The summed E-state index contributed by atoms with van der Waals surface area (Å²) in [5.41, 5.74) is 2.59. The molecule has 0 bridgehead atoms. The lowest BCUT2D eigenvalue weighted by atomic mass is 10.1. The summed E-state index contributed by atoms with van der Waals surface area (Å²) in [4.78, 5) is 26.8. The summed E-state index contributed by atoms with van der Waals surface area (Å²) < 4.78 is 0. The first kappa shape index (κ1) is 19.4. The molecule has 0 aliphatic carbocycles. The lowest BCUT2D eigenvalue weighted by Crippen LogP contribution is -2.31. The van der Waals surface area contributed by atoms with Gasteiger partial charge >= 0.3 is 0 Å². The summed E-state index contributed by atoms with van der Waals surface area (Å²) in [5, 5.41) is 2.87. The van der Waals surface area contributed by atoms with Gasteiger partial charge < -0.3 is 10.2 Å². The molecular formula is C24H24N2O2. The monoisotopic (exact) mass is 372 g/mol. The van der Waals surface area contributed by atoms with E-state index < -0.39 is 0 Å². The Labute approximate surface area is 165 Å². The fraction of sp³-hybridized carbons (Fsp3) is 0.167. The maximum atomic E-state index is 12.9. The highest BCUT2D eigenvalue weighted by molar-refractivity contribution is 5.94. The van der Waals surface area contributed by atoms with E-state index in [2.05, 4.69) is 5.32 Å². The zero-order chi connectivity index (χ0) is 19.6. The summed E-state index contributed by atoms with van der Waals surface area (Å²) in [6.07, 6.45) is 0.965. The summed E-state index contributed by atoms with van der Waals surface area (Å²) in [7, 11) is 0. The molecule has 0 radical (unpaired) electrons. The Hall–Kier alpha value is -3.40. The topological polar surface area (TPSA) is 49.4 Å². The van der Waals surface area contributed by atoms with Crippen molar-refractivity contribution in [2.45, 2.75) is 19.4 Å². The van der Waals surface area contributed by atoms with Crippen LogP contribution in [0, 0.1) is 0 Å². The Balaban J connectivity index is 1.56. The van der Waals surface area contributed by atoms with Crippen LogP contribution >= 0.6 is 0 Å². The first-order valence-corrected chi connectivity index (χ1v) is 9.46. The minimum atomic E-state index is -0.114. The molecule has 0 atom stereocenters. The lowest BCUT2D eigenvalue weighted by molar-refractivity contribution is -0.118. The van der Waals surface area contributed by atoms with Crippen molar-refractivity contribution in [1.29, 1.82) is 0 Å². The van der Waals surface area contributed by atoms with Crippen molar-refractivity contribution in [1.82, 2.24) is 5.32 Å². The smallest absolute Gasteiger partial charge is 0.251 e. The average Bonchev–Trinajstić information content (AvgIpc) is 2.76. The van der Waals surface area contributed by atoms with Crippen LogP contribution in [0.5, 0.6) is 0 Å². The Bertz CT molecular complexity index is 880. The molecule has 28 heavy (non-hydrogen) atoms. The van der Waals surface area contributed by atoms with Gasteiger partial charge in [0.15, 0.2) is 0 Å². The van der Waals surface area contributed by atoms with Crippen LogP contribution in [0.15, 0.2) is 91.0 Å². The van der Waals surface area contributed by atoms with E-state index >= 15 is 0 Å². The van der Waals surface area contributed by atoms with E-state index in [4.69, 9.17) is 0 Å². The summed E-state index contributed by atoms with van der Waals surface area (Å²) in [6.45, 7) is 0.994. The van der Waals surface area contributed by atoms with E-state index in [1.54, 1.807) is 17.0 Å². The normalized spacial score (nSPS) is 10.3. The van der Waals surface area contributed by atoms with Crippen molar-refractivity contribution in [2.24, 2.45) is 0 Å². The highest BCUT2D eigenvalue weighted by Crippen LogP contribution is 2.18. The third kappa shape index (κ3) is 5.55. The number of nitrogens with zero attached hydrogens (tertiary/aromatic N) is 1. The second-order valence-corrected chi connectivity index (χ2v) is 6.53. The molecule has 0 aromatic heterocycles. The number of benzene rings is 3. The van der Waals surface area contributed by atoms with Crippen LogP contribution in [0.3, 0.4) is 0 Å². The van der Waals surface area contributed by atoms with Crippen LogP contribution in [-0.2, 0) is 11.3 Å². The first-order chi connectivity index (χ1) is 13.7. The number of para-hydroxylation sites is 1. The number of hydrogen-bond acceptors (Lipinski definition) is 2. The van der Waals surface area contributed by atoms with E-state index in [0.29, 0.717) is 31.5 Å². The number of rotatable bonds is 8. The fourth-order valence-electron chi connectivity index (χ4n) is 2.97. The van der Waals surface area contributed by atoms with E-state index in [-0.39, 0.29) is 11.8 Å². The van der Waals surface area contributed by atoms with Crippen molar-refractivity contribution < 1.29 is 9.59 Å². The Morgan fingerprint density at radius 2 is 1.32 bits per heavy atom. The van der Waals surface area contributed by atoms with Gasteiger partial charge in [0.05, 0.1) is 6.54 Å². The van der Waals surface area contributed by atoms with Gasteiger partial charge in [0.1, 0.15) is 0 Å². The predicted molar refractivity (Wildman–Crippen MR) is 112 cm³/mol. The summed E-state index contributed by atoms with van der Waals surface area (Å²) in [6, 6.07) is 28.7. The summed E-state index contributed by atoms with van der Waals surface area (Å²) in [5.74, 6) is -0.0683. The first-order valence-electron chi connectivity index (χ1n) is 9.46. The number of carbonyl (C=O) groups excluding carboxylic acids is 2. The van der Waals surface area contributed by atoms with Gasteiger partial charge in [0, 0.05) is 24.2 Å². The van der Waals surface area contributed by atoms with E-state index in [1.807, 2.05) is 78.9 Å². The Kier molecular flexibility index (Phi) is 6.96. The standard InChI is InChI=1S/C24H24N2O2/c27-23(17-10-18-25-24(28)21-13-6-2-7-14-21)26(22-15-8-3-9-16-22)19-20-11-4-1-5-12-20/h1-9,11-16H,10,17-19H2,(H,25,28). The molecule has 0 heterocycles. The van der Waals surface area contributed by atoms with Crippen molar-refractivity contribution in [3.05, 3.63) is 102 Å². The third-order valence-electron chi connectivity index (χ3n) is 4.44. The van der Waals surface area contributed by atoms with E-state index in [0.717, 1.165) is 11.3 Å². The minimum absolute atomic E-state index is 0.0454. The van der Waals surface area contributed by atoms with Crippen LogP contribution in [-0.4, -0.2) is 18.4 Å². The molecule has 0 spiro atoms.